The van der Waals surface area contributed by atoms with Crippen LogP contribution in [0.4, 0.5) is 11.4 Å². The predicted molar refractivity (Wildman–Crippen MR) is 73.9 cm³/mol. The first kappa shape index (κ1) is 11.6. The maximum atomic E-state index is 12.4. The van der Waals surface area contributed by atoms with Crippen molar-refractivity contribution >= 4 is 17.3 Å². The fourth-order valence-electron chi connectivity index (χ4n) is 3.11. The van der Waals surface area contributed by atoms with E-state index in [-0.39, 0.29) is 11.4 Å². The normalized spacial score (nSPS) is 21.7. The van der Waals surface area contributed by atoms with Gasteiger partial charge >= 0.3 is 0 Å². The Hall–Kier alpha value is -1.51. The number of carbonyl (C=O) groups excluding carboxylic acids is 1. The molecule has 2 aliphatic rings. The van der Waals surface area contributed by atoms with Crippen LogP contribution in [0.25, 0.3) is 0 Å². The van der Waals surface area contributed by atoms with Gasteiger partial charge in [-0.15, -0.1) is 0 Å². The Morgan fingerprint density at radius 3 is 2.50 bits per heavy atom. The summed E-state index contributed by atoms with van der Waals surface area (Å²) in [7, 11) is 0. The van der Waals surface area contributed by atoms with E-state index in [1.54, 1.807) is 0 Å². The third-order valence-corrected chi connectivity index (χ3v) is 4.19. The van der Waals surface area contributed by atoms with E-state index in [0.29, 0.717) is 0 Å². The molecule has 0 unspecified atom stereocenters. The molecule has 1 amide bonds. The molecule has 1 fully saturated rings. The summed E-state index contributed by atoms with van der Waals surface area (Å²) in [5, 5.41) is 6.60. The van der Waals surface area contributed by atoms with Crippen molar-refractivity contribution in [2.45, 2.75) is 51.0 Å². The Labute approximate surface area is 108 Å². The second-order valence-corrected chi connectivity index (χ2v) is 5.62. The standard InChI is InChI=1S/C15H20N2O/c1-11-6-7-12-13(10-11)17-15(14(18)16-12)8-4-2-3-5-9-15/h6-7,10,17H,2-5,8-9H2,1H3,(H,16,18). The van der Waals surface area contributed by atoms with Gasteiger partial charge in [0, 0.05) is 0 Å². The molecule has 1 aromatic carbocycles. The van der Waals surface area contributed by atoms with Gasteiger partial charge in [-0.1, -0.05) is 31.7 Å². The first-order chi connectivity index (χ1) is 8.70. The fourth-order valence-corrected chi connectivity index (χ4v) is 3.11. The zero-order chi connectivity index (χ0) is 12.6. The number of hydrogen-bond acceptors (Lipinski definition) is 2. The quantitative estimate of drug-likeness (QED) is 0.734. The summed E-state index contributed by atoms with van der Waals surface area (Å²) < 4.78 is 0. The summed E-state index contributed by atoms with van der Waals surface area (Å²) >= 11 is 0. The molecule has 3 heteroatoms. The Morgan fingerprint density at radius 1 is 1.06 bits per heavy atom. The van der Waals surface area contributed by atoms with Crippen LogP contribution in [-0.4, -0.2) is 11.4 Å². The third-order valence-electron chi connectivity index (χ3n) is 4.19. The predicted octanol–water partition coefficient (Wildman–Crippen LogP) is 3.45. The van der Waals surface area contributed by atoms with E-state index in [0.717, 1.165) is 37.1 Å². The zero-order valence-electron chi connectivity index (χ0n) is 10.9. The number of benzene rings is 1. The molecule has 3 rings (SSSR count). The van der Waals surface area contributed by atoms with Gasteiger partial charge in [-0.2, -0.15) is 0 Å². The van der Waals surface area contributed by atoms with Crippen molar-refractivity contribution in [1.82, 2.24) is 0 Å². The third kappa shape index (κ3) is 1.88. The van der Waals surface area contributed by atoms with Crippen molar-refractivity contribution in [2.75, 3.05) is 10.6 Å². The van der Waals surface area contributed by atoms with Gasteiger partial charge < -0.3 is 10.6 Å². The molecule has 0 aromatic heterocycles. The molecule has 1 aromatic rings. The SMILES string of the molecule is Cc1ccc2c(c1)NC1(CCCCCC1)C(=O)N2. The van der Waals surface area contributed by atoms with Crippen LogP contribution in [0.15, 0.2) is 18.2 Å². The van der Waals surface area contributed by atoms with Crippen LogP contribution in [0.3, 0.4) is 0 Å². The van der Waals surface area contributed by atoms with Crippen molar-refractivity contribution in [3.8, 4) is 0 Å². The first-order valence-corrected chi connectivity index (χ1v) is 6.90. The number of aryl methyl sites for hydroxylation is 1. The molecule has 96 valence electrons. The lowest BCUT2D eigenvalue weighted by molar-refractivity contribution is -0.121. The average molecular weight is 244 g/mol. The van der Waals surface area contributed by atoms with Crippen LogP contribution >= 0.6 is 0 Å². The van der Waals surface area contributed by atoms with Gasteiger partial charge in [0.05, 0.1) is 11.4 Å². The number of rotatable bonds is 0. The minimum Gasteiger partial charge on any atom is -0.370 e. The highest BCUT2D eigenvalue weighted by Crippen LogP contribution is 2.38. The van der Waals surface area contributed by atoms with E-state index in [1.807, 2.05) is 12.1 Å². The fraction of sp³-hybridized carbons (Fsp3) is 0.533. The van der Waals surface area contributed by atoms with E-state index in [2.05, 4.69) is 23.6 Å². The molecular formula is C15H20N2O. The maximum absolute atomic E-state index is 12.4. The lowest BCUT2D eigenvalue weighted by Gasteiger charge is -2.38. The van der Waals surface area contributed by atoms with Crippen LogP contribution in [-0.2, 0) is 4.79 Å². The molecule has 0 saturated heterocycles. The van der Waals surface area contributed by atoms with Crippen molar-refractivity contribution in [2.24, 2.45) is 0 Å². The minimum atomic E-state index is -0.364. The molecule has 1 heterocycles. The van der Waals surface area contributed by atoms with Gasteiger partial charge in [0.15, 0.2) is 0 Å². The van der Waals surface area contributed by atoms with Crippen LogP contribution in [0.2, 0.25) is 0 Å². The van der Waals surface area contributed by atoms with E-state index in [9.17, 15) is 4.79 Å². The van der Waals surface area contributed by atoms with Crippen molar-refractivity contribution in [1.29, 1.82) is 0 Å². The number of carbonyl (C=O) groups is 1. The number of fused-ring (bicyclic) bond motifs is 1. The molecule has 2 N–H and O–H groups in total. The summed E-state index contributed by atoms with van der Waals surface area (Å²) in [6.07, 6.45) is 6.68. The van der Waals surface area contributed by atoms with E-state index in [1.165, 1.54) is 18.4 Å². The van der Waals surface area contributed by atoms with Crippen molar-refractivity contribution < 1.29 is 4.79 Å². The first-order valence-electron chi connectivity index (χ1n) is 6.90. The highest BCUT2D eigenvalue weighted by Gasteiger charge is 2.41. The molecule has 0 radical (unpaired) electrons. The van der Waals surface area contributed by atoms with E-state index in [4.69, 9.17) is 0 Å². The summed E-state index contributed by atoms with van der Waals surface area (Å²) in [5.74, 6) is 0.153. The van der Waals surface area contributed by atoms with Crippen molar-refractivity contribution in [3.63, 3.8) is 0 Å². The van der Waals surface area contributed by atoms with Gasteiger partial charge in [-0.3, -0.25) is 4.79 Å². The number of nitrogens with one attached hydrogen (secondary N) is 2. The van der Waals surface area contributed by atoms with Gasteiger partial charge in [0.1, 0.15) is 5.54 Å². The second kappa shape index (κ2) is 4.30. The Kier molecular flexibility index (Phi) is 2.77. The van der Waals surface area contributed by atoms with Gasteiger partial charge in [0.2, 0.25) is 5.91 Å². The zero-order valence-corrected chi connectivity index (χ0v) is 10.9. The minimum absolute atomic E-state index is 0.153. The molecule has 1 aliphatic heterocycles. The number of anilines is 2. The Morgan fingerprint density at radius 2 is 1.78 bits per heavy atom. The molecule has 18 heavy (non-hydrogen) atoms. The summed E-state index contributed by atoms with van der Waals surface area (Å²) in [6, 6.07) is 6.15. The molecule has 3 nitrogen and oxygen atoms in total. The van der Waals surface area contributed by atoms with E-state index >= 15 is 0 Å². The maximum Gasteiger partial charge on any atom is 0.250 e. The van der Waals surface area contributed by atoms with Gasteiger partial charge in [0.25, 0.3) is 0 Å². The molecule has 0 bridgehead atoms. The smallest absolute Gasteiger partial charge is 0.250 e. The Balaban J connectivity index is 1.96. The van der Waals surface area contributed by atoms with Crippen LogP contribution in [0.1, 0.15) is 44.1 Å². The van der Waals surface area contributed by atoms with Crippen molar-refractivity contribution in [3.05, 3.63) is 23.8 Å². The second-order valence-electron chi connectivity index (χ2n) is 5.62. The summed E-state index contributed by atoms with van der Waals surface area (Å²) in [4.78, 5) is 12.4. The average Bonchev–Trinajstić information content (AvgIpc) is 2.58. The highest BCUT2D eigenvalue weighted by molar-refractivity contribution is 6.06. The summed E-state index contributed by atoms with van der Waals surface area (Å²) in [5.41, 5.74) is 2.86. The van der Waals surface area contributed by atoms with E-state index < -0.39 is 0 Å². The number of amides is 1. The lowest BCUT2D eigenvalue weighted by atomic mass is 9.86. The van der Waals surface area contributed by atoms with Crippen LogP contribution < -0.4 is 10.6 Å². The molecule has 1 saturated carbocycles. The number of hydrogen-bond donors (Lipinski definition) is 2. The van der Waals surface area contributed by atoms with Crippen LogP contribution in [0, 0.1) is 6.92 Å². The Bertz CT molecular complexity index is 473. The topological polar surface area (TPSA) is 41.1 Å². The lowest BCUT2D eigenvalue weighted by Crippen LogP contribution is -2.52. The highest BCUT2D eigenvalue weighted by atomic mass is 16.2. The van der Waals surface area contributed by atoms with Gasteiger partial charge in [-0.05, 0) is 37.5 Å². The molecule has 1 spiro atoms. The monoisotopic (exact) mass is 244 g/mol. The summed E-state index contributed by atoms with van der Waals surface area (Å²) in [6.45, 7) is 2.08. The molecule has 1 aliphatic carbocycles. The van der Waals surface area contributed by atoms with Gasteiger partial charge in [-0.25, -0.2) is 0 Å². The van der Waals surface area contributed by atoms with Crippen LogP contribution in [0.5, 0.6) is 0 Å². The molecular weight excluding hydrogens is 224 g/mol. The molecule has 0 atom stereocenters. The largest absolute Gasteiger partial charge is 0.370 e.